The van der Waals surface area contributed by atoms with Gasteiger partial charge in [0, 0.05) is 19.1 Å². The van der Waals surface area contributed by atoms with Crippen LogP contribution in [0.15, 0.2) is 0 Å². The van der Waals surface area contributed by atoms with Gasteiger partial charge < -0.3 is 28.7 Å². The summed E-state index contributed by atoms with van der Waals surface area (Å²) < 4.78 is 21.8. The predicted octanol–water partition coefficient (Wildman–Crippen LogP) is 2.75. The van der Waals surface area contributed by atoms with Crippen molar-refractivity contribution in [2.45, 2.75) is 52.7 Å². The fraction of sp³-hybridized carbons (Fsp3) is 0.900. The summed E-state index contributed by atoms with van der Waals surface area (Å²) in [5, 5.41) is 0. The van der Waals surface area contributed by atoms with Crippen LogP contribution in [0.5, 0.6) is 0 Å². The van der Waals surface area contributed by atoms with Gasteiger partial charge in [-0.3, -0.25) is 0 Å². The van der Waals surface area contributed by atoms with Crippen molar-refractivity contribution in [3.05, 3.63) is 0 Å². The monoisotopic (exact) mass is 400 g/mol. The molecule has 2 amide bonds. The van der Waals surface area contributed by atoms with Gasteiger partial charge in [0.25, 0.3) is 0 Å². The van der Waals surface area contributed by atoms with Gasteiger partial charge in [-0.15, -0.1) is 0 Å². The van der Waals surface area contributed by atoms with Crippen molar-refractivity contribution in [2.75, 3.05) is 53.2 Å². The van der Waals surface area contributed by atoms with Crippen molar-refractivity contribution >= 4 is 12.2 Å². The highest BCUT2D eigenvalue weighted by Gasteiger charge is 2.35. The summed E-state index contributed by atoms with van der Waals surface area (Å²) in [5.41, 5.74) is -0.301. The second-order valence-electron chi connectivity index (χ2n) is 8.97. The third-order valence-corrected chi connectivity index (χ3v) is 4.91. The molecule has 2 rings (SSSR count). The maximum absolute atomic E-state index is 12.4. The normalized spacial score (nSPS) is 20.4. The number of likely N-dealkylation sites (tertiary alicyclic amines) is 2. The van der Waals surface area contributed by atoms with E-state index >= 15 is 0 Å². The summed E-state index contributed by atoms with van der Waals surface area (Å²) in [7, 11) is 1.65. The lowest BCUT2D eigenvalue weighted by atomic mass is 9.96. The summed E-state index contributed by atoms with van der Waals surface area (Å²) in [6, 6.07) is 0.105. The average molecular weight is 401 g/mol. The quantitative estimate of drug-likeness (QED) is 0.592. The predicted molar refractivity (Wildman–Crippen MR) is 104 cm³/mol. The highest BCUT2D eigenvalue weighted by molar-refractivity contribution is 5.69. The van der Waals surface area contributed by atoms with E-state index in [1.165, 1.54) is 0 Å². The average Bonchev–Trinajstić information content (AvgIpc) is 3.05. The number of rotatable bonds is 9. The molecule has 1 atom stereocenters. The standard InChI is InChI=1S/C20H36N2O6/c1-15(2)11-26-18(23)21-9-17(10-21)27-13-20(3,4)14-28-19(24)22-8-6-7-16(22)12-25-5/h15-17H,6-14H2,1-5H3. The van der Waals surface area contributed by atoms with E-state index in [9.17, 15) is 9.59 Å². The van der Waals surface area contributed by atoms with E-state index in [-0.39, 0.29) is 36.4 Å². The molecular formula is C20H36N2O6. The summed E-state index contributed by atoms with van der Waals surface area (Å²) in [4.78, 5) is 27.6. The highest BCUT2D eigenvalue weighted by atomic mass is 16.6. The van der Waals surface area contributed by atoms with Crippen molar-refractivity contribution in [3.8, 4) is 0 Å². The number of ether oxygens (including phenoxy) is 4. The molecule has 0 aromatic rings. The van der Waals surface area contributed by atoms with Crippen molar-refractivity contribution in [1.29, 1.82) is 0 Å². The topological polar surface area (TPSA) is 77.5 Å². The Morgan fingerprint density at radius 1 is 1.11 bits per heavy atom. The summed E-state index contributed by atoms with van der Waals surface area (Å²) in [6.07, 6.45) is 1.38. The van der Waals surface area contributed by atoms with E-state index in [0.29, 0.717) is 45.4 Å². The van der Waals surface area contributed by atoms with Crippen molar-refractivity contribution < 1.29 is 28.5 Å². The maximum atomic E-state index is 12.4. The number of carbonyl (C=O) groups is 2. The lowest BCUT2D eigenvalue weighted by molar-refractivity contribution is -0.0829. The van der Waals surface area contributed by atoms with Gasteiger partial charge in [-0.1, -0.05) is 27.7 Å². The fourth-order valence-corrected chi connectivity index (χ4v) is 3.19. The number of nitrogens with zero attached hydrogens (tertiary/aromatic N) is 2. The second-order valence-corrected chi connectivity index (χ2v) is 8.97. The van der Waals surface area contributed by atoms with Crippen molar-refractivity contribution in [3.63, 3.8) is 0 Å². The van der Waals surface area contributed by atoms with Gasteiger partial charge in [-0.25, -0.2) is 9.59 Å². The molecule has 1 unspecified atom stereocenters. The fourth-order valence-electron chi connectivity index (χ4n) is 3.19. The third kappa shape index (κ3) is 6.81. The zero-order valence-electron chi connectivity index (χ0n) is 17.9. The summed E-state index contributed by atoms with van der Waals surface area (Å²) in [5.74, 6) is 0.325. The first-order valence-corrected chi connectivity index (χ1v) is 10.2. The van der Waals surface area contributed by atoms with E-state index < -0.39 is 0 Å². The van der Waals surface area contributed by atoms with Crippen LogP contribution >= 0.6 is 0 Å². The Balaban J connectivity index is 1.63. The molecule has 2 aliphatic rings. The van der Waals surface area contributed by atoms with Crippen LogP contribution in [0, 0.1) is 11.3 Å². The van der Waals surface area contributed by atoms with Crippen LogP contribution in [0.4, 0.5) is 9.59 Å². The molecule has 2 fully saturated rings. The molecule has 2 heterocycles. The number of carbonyl (C=O) groups excluding carboxylic acids is 2. The van der Waals surface area contributed by atoms with Gasteiger partial charge in [0.15, 0.2) is 0 Å². The summed E-state index contributed by atoms with van der Waals surface area (Å²) in [6.45, 7) is 11.5. The van der Waals surface area contributed by atoms with E-state index in [0.717, 1.165) is 12.8 Å². The zero-order valence-corrected chi connectivity index (χ0v) is 17.9. The Hall–Kier alpha value is -1.54. The SMILES string of the molecule is COCC1CCCN1C(=O)OCC(C)(C)COC1CN(C(=O)OCC(C)C)C1. The minimum Gasteiger partial charge on any atom is -0.449 e. The zero-order chi connectivity index (χ0) is 20.7. The van der Waals surface area contributed by atoms with Gasteiger partial charge in [-0.2, -0.15) is 0 Å². The molecule has 8 nitrogen and oxygen atoms in total. The first-order valence-electron chi connectivity index (χ1n) is 10.2. The van der Waals surface area contributed by atoms with E-state index in [1.54, 1.807) is 16.9 Å². The number of hydrogen-bond donors (Lipinski definition) is 0. The van der Waals surface area contributed by atoms with Crippen LogP contribution < -0.4 is 0 Å². The lowest BCUT2D eigenvalue weighted by Gasteiger charge is -2.39. The molecule has 0 spiro atoms. The molecule has 0 aromatic heterocycles. The molecule has 0 bridgehead atoms. The first-order chi connectivity index (χ1) is 13.2. The Kier molecular flexibility index (Phi) is 8.37. The van der Waals surface area contributed by atoms with Crippen molar-refractivity contribution in [2.24, 2.45) is 11.3 Å². The second kappa shape index (κ2) is 10.3. The molecule has 0 saturated carbocycles. The first kappa shape index (κ1) is 22.7. The minimum atomic E-state index is -0.301. The van der Waals surface area contributed by atoms with Crippen LogP contribution in [0.25, 0.3) is 0 Å². The van der Waals surface area contributed by atoms with Crippen LogP contribution in [-0.4, -0.2) is 87.3 Å². The molecule has 28 heavy (non-hydrogen) atoms. The van der Waals surface area contributed by atoms with Crippen molar-refractivity contribution in [1.82, 2.24) is 9.80 Å². The Bertz CT molecular complexity index is 519. The Labute approximate surface area is 168 Å². The molecule has 0 N–H and O–H groups in total. The molecule has 8 heteroatoms. The summed E-state index contributed by atoms with van der Waals surface area (Å²) >= 11 is 0. The lowest BCUT2D eigenvalue weighted by Crippen LogP contribution is -2.55. The molecule has 162 valence electrons. The smallest absolute Gasteiger partial charge is 0.410 e. The minimum absolute atomic E-state index is 0.00578. The van der Waals surface area contributed by atoms with Gasteiger partial charge in [0.05, 0.1) is 45.1 Å². The molecule has 0 aromatic carbocycles. The van der Waals surface area contributed by atoms with Gasteiger partial charge >= 0.3 is 12.2 Å². The van der Waals surface area contributed by atoms with E-state index in [4.69, 9.17) is 18.9 Å². The van der Waals surface area contributed by atoms with E-state index in [2.05, 4.69) is 0 Å². The maximum Gasteiger partial charge on any atom is 0.410 e. The van der Waals surface area contributed by atoms with Crippen LogP contribution in [0.3, 0.4) is 0 Å². The molecule has 2 saturated heterocycles. The third-order valence-electron chi connectivity index (χ3n) is 4.91. The van der Waals surface area contributed by atoms with Gasteiger partial charge in [0.1, 0.15) is 6.61 Å². The molecular weight excluding hydrogens is 364 g/mol. The van der Waals surface area contributed by atoms with E-state index in [1.807, 2.05) is 27.7 Å². The number of amides is 2. The number of methoxy groups -OCH3 is 1. The van der Waals surface area contributed by atoms with Gasteiger partial charge in [0.2, 0.25) is 0 Å². The van der Waals surface area contributed by atoms with Gasteiger partial charge in [-0.05, 0) is 18.8 Å². The van der Waals surface area contributed by atoms with Crippen LogP contribution in [0.2, 0.25) is 0 Å². The Morgan fingerprint density at radius 3 is 2.46 bits per heavy atom. The highest BCUT2D eigenvalue weighted by Crippen LogP contribution is 2.23. The molecule has 0 radical (unpaired) electrons. The largest absolute Gasteiger partial charge is 0.449 e. The Morgan fingerprint density at radius 2 is 1.82 bits per heavy atom. The molecule has 0 aliphatic carbocycles. The van der Waals surface area contributed by atoms with Crippen LogP contribution in [-0.2, 0) is 18.9 Å². The number of hydrogen-bond acceptors (Lipinski definition) is 6. The molecule has 2 aliphatic heterocycles. The van der Waals surface area contributed by atoms with Crippen LogP contribution in [0.1, 0.15) is 40.5 Å².